The molecule has 0 atom stereocenters. The molecule has 0 aliphatic heterocycles. The van der Waals surface area contributed by atoms with E-state index in [4.69, 9.17) is 5.73 Å². The Morgan fingerprint density at radius 2 is 2.00 bits per heavy atom. The third-order valence-corrected chi connectivity index (χ3v) is 1.21. The fourth-order valence-electron chi connectivity index (χ4n) is 0.644. The fourth-order valence-corrected chi connectivity index (χ4v) is 0.644. The van der Waals surface area contributed by atoms with Gasteiger partial charge in [-0.15, -0.1) is 0 Å². The molecule has 9 heavy (non-hydrogen) atoms. The summed E-state index contributed by atoms with van der Waals surface area (Å²) in [5.41, 5.74) is 5.26. The van der Waals surface area contributed by atoms with Gasteiger partial charge in [-0.3, -0.25) is 0 Å². The van der Waals surface area contributed by atoms with E-state index < -0.39 is 0 Å². The predicted octanol–water partition coefficient (Wildman–Crippen LogP) is 1.94. The minimum Gasteiger partial charge on any atom is -0.327 e. The average Bonchev–Trinajstić information content (AvgIpc) is 1.80. The molecule has 0 heterocycles. The van der Waals surface area contributed by atoms with Crippen molar-refractivity contribution in [3.8, 4) is 0 Å². The van der Waals surface area contributed by atoms with Crippen molar-refractivity contribution in [1.82, 2.24) is 0 Å². The first-order valence-electron chi connectivity index (χ1n) is 3.62. The van der Waals surface area contributed by atoms with Crippen LogP contribution in [-0.2, 0) is 0 Å². The Kier molecular flexibility index (Phi) is 5.64. The van der Waals surface area contributed by atoms with E-state index in [9.17, 15) is 0 Å². The molecule has 2 N–H and O–H groups in total. The van der Waals surface area contributed by atoms with Crippen LogP contribution in [0, 0.1) is 5.92 Å². The van der Waals surface area contributed by atoms with Crippen molar-refractivity contribution in [2.24, 2.45) is 11.7 Å². The van der Waals surface area contributed by atoms with E-state index in [2.05, 4.69) is 19.9 Å². The third-order valence-electron chi connectivity index (χ3n) is 1.21. The van der Waals surface area contributed by atoms with Gasteiger partial charge in [0.05, 0.1) is 0 Å². The van der Waals surface area contributed by atoms with E-state index in [0.717, 1.165) is 5.92 Å². The Morgan fingerprint density at radius 3 is 2.44 bits per heavy atom. The molecule has 0 aromatic rings. The molecule has 0 fully saturated rings. The molecule has 0 aliphatic carbocycles. The molecule has 1 nitrogen and oxygen atoms in total. The molecule has 0 rings (SSSR count). The van der Waals surface area contributed by atoms with Crippen LogP contribution in [0.2, 0.25) is 0 Å². The maximum atomic E-state index is 5.26. The molecule has 0 saturated heterocycles. The lowest BCUT2D eigenvalue weighted by Crippen LogP contribution is -1.92. The number of hydrogen-bond acceptors (Lipinski definition) is 1. The summed E-state index contributed by atoms with van der Waals surface area (Å²) < 4.78 is 0. The zero-order valence-electron chi connectivity index (χ0n) is 6.43. The van der Waals surface area contributed by atoms with Gasteiger partial charge in [-0.25, -0.2) is 0 Å². The molecule has 0 aromatic carbocycles. The maximum absolute atomic E-state index is 5.26. The van der Waals surface area contributed by atoms with Crippen molar-refractivity contribution in [3.05, 3.63) is 12.2 Å². The molecule has 0 amide bonds. The molecule has 0 spiro atoms. The van der Waals surface area contributed by atoms with Gasteiger partial charge in [0.25, 0.3) is 0 Å². The highest BCUT2D eigenvalue weighted by atomic mass is 14.5. The summed E-state index contributed by atoms with van der Waals surface area (Å²) in [6.45, 7) is 5.14. The van der Waals surface area contributed by atoms with Gasteiger partial charge in [-0.1, -0.05) is 26.0 Å². The fraction of sp³-hybridized carbons (Fsp3) is 0.750. The second kappa shape index (κ2) is 5.83. The highest BCUT2D eigenvalue weighted by Crippen LogP contribution is 2.02. The molecule has 0 bridgehead atoms. The van der Waals surface area contributed by atoms with Crippen molar-refractivity contribution in [1.29, 1.82) is 0 Å². The lowest BCUT2D eigenvalue weighted by atomic mass is 10.1. The van der Waals surface area contributed by atoms with Crippen LogP contribution in [-0.4, -0.2) is 6.54 Å². The number of nitrogens with two attached hydrogens (primary N) is 1. The molecule has 1 heteroatoms. The zero-order chi connectivity index (χ0) is 7.11. The molecule has 0 saturated carbocycles. The van der Waals surface area contributed by atoms with Crippen LogP contribution in [0.4, 0.5) is 0 Å². The Labute approximate surface area is 57.9 Å². The smallest absolute Gasteiger partial charge is 0.0106 e. The van der Waals surface area contributed by atoms with Crippen LogP contribution in [0.25, 0.3) is 0 Å². The first-order chi connectivity index (χ1) is 4.27. The third kappa shape index (κ3) is 7.70. The first kappa shape index (κ1) is 8.70. The maximum Gasteiger partial charge on any atom is 0.0106 e. The molecular formula is C8H17N. The molecule has 0 aliphatic rings. The highest BCUT2D eigenvalue weighted by Gasteiger charge is 1.88. The minimum absolute atomic E-state index is 0.679. The Morgan fingerprint density at radius 1 is 1.33 bits per heavy atom. The number of allylic oxidation sites excluding steroid dienone is 1. The van der Waals surface area contributed by atoms with Crippen molar-refractivity contribution in [3.63, 3.8) is 0 Å². The van der Waals surface area contributed by atoms with E-state index in [1.807, 2.05) is 6.08 Å². The molecule has 54 valence electrons. The van der Waals surface area contributed by atoms with Gasteiger partial charge in [-0.05, 0) is 18.8 Å². The minimum atomic E-state index is 0.679. The van der Waals surface area contributed by atoms with E-state index in [-0.39, 0.29) is 0 Å². The summed E-state index contributed by atoms with van der Waals surface area (Å²) in [6, 6.07) is 0. The van der Waals surface area contributed by atoms with Gasteiger partial charge < -0.3 is 5.73 Å². The van der Waals surface area contributed by atoms with Crippen molar-refractivity contribution in [2.45, 2.75) is 26.7 Å². The van der Waals surface area contributed by atoms with Crippen LogP contribution in [0.1, 0.15) is 26.7 Å². The average molecular weight is 127 g/mol. The summed E-state index contributed by atoms with van der Waals surface area (Å²) >= 11 is 0. The van der Waals surface area contributed by atoms with Gasteiger partial charge in [0.2, 0.25) is 0 Å². The second-order valence-corrected chi connectivity index (χ2v) is 2.68. The van der Waals surface area contributed by atoms with E-state index in [0.29, 0.717) is 6.54 Å². The van der Waals surface area contributed by atoms with Crippen molar-refractivity contribution < 1.29 is 0 Å². The summed E-state index contributed by atoms with van der Waals surface area (Å²) in [5.74, 6) is 0.812. The SMILES string of the molecule is CC(C)CC/C=C\CN. The monoisotopic (exact) mass is 127 g/mol. The van der Waals surface area contributed by atoms with Gasteiger partial charge in [0.15, 0.2) is 0 Å². The van der Waals surface area contributed by atoms with Crippen molar-refractivity contribution in [2.75, 3.05) is 6.54 Å². The highest BCUT2D eigenvalue weighted by molar-refractivity contribution is 4.82. The van der Waals surface area contributed by atoms with E-state index >= 15 is 0 Å². The Bertz CT molecular complexity index is 74.6. The predicted molar refractivity (Wildman–Crippen MR) is 42.3 cm³/mol. The van der Waals surface area contributed by atoms with Crippen molar-refractivity contribution >= 4 is 0 Å². The summed E-state index contributed by atoms with van der Waals surface area (Å²) in [4.78, 5) is 0. The van der Waals surface area contributed by atoms with Gasteiger partial charge in [0, 0.05) is 6.54 Å². The van der Waals surface area contributed by atoms with E-state index in [1.54, 1.807) is 0 Å². The van der Waals surface area contributed by atoms with Crippen LogP contribution in [0.5, 0.6) is 0 Å². The molecule has 0 radical (unpaired) electrons. The topological polar surface area (TPSA) is 26.0 Å². The molecule has 0 unspecified atom stereocenters. The van der Waals surface area contributed by atoms with Gasteiger partial charge >= 0.3 is 0 Å². The normalized spacial score (nSPS) is 11.6. The number of hydrogen-bond donors (Lipinski definition) is 1. The van der Waals surface area contributed by atoms with Crippen LogP contribution in [0.15, 0.2) is 12.2 Å². The Hall–Kier alpha value is -0.300. The van der Waals surface area contributed by atoms with Crippen LogP contribution >= 0.6 is 0 Å². The quantitative estimate of drug-likeness (QED) is 0.574. The summed E-state index contributed by atoms with van der Waals surface area (Å²) in [7, 11) is 0. The van der Waals surface area contributed by atoms with E-state index in [1.165, 1.54) is 12.8 Å². The standard InChI is InChI=1S/C8H17N/c1-8(2)6-4-3-5-7-9/h3,5,8H,4,6-7,9H2,1-2H3/b5-3-. The summed E-state index contributed by atoms with van der Waals surface area (Å²) in [6.07, 6.45) is 6.62. The zero-order valence-corrected chi connectivity index (χ0v) is 6.43. The first-order valence-corrected chi connectivity index (χ1v) is 3.62. The second-order valence-electron chi connectivity index (χ2n) is 2.68. The van der Waals surface area contributed by atoms with Crippen LogP contribution < -0.4 is 5.73 Å². The summed E-state index contributed by atoms with van der Waals surface area (Å²) in [5, 5.41) is 0. The van der Waals surface area contributed by atoms with Gasteiger partial charge in [0.1, 0.15) is 0 Å². The molecule has 0 aromatic heterocycles. The lowest BCUT2D eigenvalue weighted by Gasteiger charge is -1.97. The lowest BCUT2D eigenvalue weighted by molar-refractivity contribution is 0.594. The number of rotatable bonds is 4. The largest absolute Gasteiger partial charge is 0.327 e. The molecular weight excluding hydrogens is 110 g/mol. The van der Waals surface area contributed by atoms with Gasteiger partial charge in [-0.2, -0.15) is 0 Å². The Balaban J connectivity index is 2.99. The van der Waals surface area contributed by atoms with Crippen LogP contribution in [0.3, 0.4) is 0 Å².